The van der Waals surface area contributed by atoms with Gasteiger partial charge in [0.05, 0.1) is 0 Å². The van der Waals surface area contributed by atoms with Gasteiger partial charge in [-0.2, -0.15) is 0 Å². The van der Waals surface area contributed by atoms with E-state index >= 15 is 0 Å². The topological polar surface area (TPSA) is 54.9 Å². The molecule has 0 saturated heterocycles. The fourth-order valence-electron chi connectivity index (χ4n) is 1.14. The zero-order valence-electron chi connectivity index (χ0n) is 8.61. The van der Waals surface area contributed by atoms with Gasteiger partial charge in [-0.05, 0) is 0 Å². The van der Waals surface area contributed by atoms with Gasteiger partial charge < -0.3 is 0 Å². The molecule has 93 valence electrons. The van der Waals surface area contributed by atoms with E-state index in [1.54, 1.807) is 0 Å². The maximum atomic E-state index is 13.0. The van der Waals surface area contributed by atoms with Gasteiger partial charge in [-0.3, -0.25) is 0 Å². The molecule has 6 heteroatoms. The molecule has 1 heterocycles. The Hall–Kier alpha value is -1.43. The molecule has 0 fully saturated rings. The Morgan fingerprint density at radius 1 is 1.24 bits per heavy atom. The first kappa shape index (κ1) is 12.0. The van der Waals surface area contributed by atoms with E-state index in [9.17, 15) is 14.0 Å². The third-order valence-electron chi connectivity index (χ3n) is 1.95. The molecule has 1 aromatic carbocycles. The molecule has 0 aliphatic heterocycles. The van der Waals surface area contributed by atoms with Crippen LogP contribution in [0.1, 0.15) is 5.56 Å². The van der Waals surface area contributed by atoms with E-state index in [0.717, 1.165) is 11.8 Å². The molecule has 0 aliphatic carbocycles. The van der Waals surface area contributed by atoms with Crippen LogP contribution in [0.15, 0.2) is 46.1 Å². The summed E-state index contributed by atoms with van der Waals surface area (Å²) >= 11 is 0.0465. The van der Waals surface area contributed by atoms with Crippen LogP contribution < -0.4 is 11.2 Å². The van der Waals surface area contributed by atoms with E-state index in [2.05, 4.69) is 0 Å². The van der Waals surface area contributed by atoms with E-state index < -0.39 is 17.1 Å². The van der Waals surface area contributed by atoms with E-state index in [-0.39, 0.29) is 20.0 Å². The maximum absolute atomic E-state index is 13.0. The molecule has 1 aromatic heterocycles. The van der Waals surface area contributed by atoms with Crippen LogP contribution >= 0.6 is 0 Å². The molecule has 0 aliphatic rings. The standard InChI is InChI=1S/C7H7.C4H3FN2O2.Ag/c1-7-5-3-2-4-6-7;5-2-1-6-4(9)7-3(2)8;/h2-6H,1H2;1H,(H2,6,7,8,9);/q;;+1/p-1. The van der Waals surface area contributed by atoms with Gasteiger partial charge in [-0.1, -0.05) is 0 Å². The fourth-order valence-corrected chi connectivity index (χ4v) is 2.61. The second kappa shape index (κ2) is 5.27. The third-order valence-corrected chi connectivity index (χ3v) is 3.79. The molecular formula is C11H9AgFN2O2. The second-order valence-electron chi connectivity index (χ2n) is 3.20. The predicted molar refractivity (Wildman–Crippen MR) is 56.8 cm³/mol. The molecule has 1 N–H and O–H groups in total. The van der Waals surface area contributed by atoms with Crippen LogP contribution in [0.3, 0.4) is 0 Å². The van der Waals surface area contributed by atoms with Crippen molar-refractivity contribution < 1.29 is 24.4 Å². The number of nitrogens with one attached hydrogen (secondary N) is 1. The Morgan fingerprint density at radius 3 is 2.65 bits per heavy atom. The van der Waals surface area contributed by atoms with Crippen LogP contribution in [0.25, 0.3) is 0 Å². The Balaban J connectivity index is 2.18. The molecule has 0 unspecified atom stereocenters. The van der Waals surface area contributed by atoms with Gasteiger partial charge in [-0.25, -0.2) is 0 Å². The Labute approximate surface area is 106 Å². The number of aromatic amines is 1. The van der Waals surface area contributed by atoms with E-state index in [0.29, 0.717) is 4.64 Å². The van der Waals surface area contributed by atoms with Crippen molar-refractivity contribution in [3.05, 3.63) is 68.7 Å². The van der Waals surface area contributed by atoms with Crippen LogP contribution in [0.4, 0.5) is 4.39 Å². The quantitative estimate of drug-likeness (QED) is 0.845. The Morgan fingerprint density at radius 2 is 1.94 bits per heavy atom. The van der Waals surface area contributed by atoms with E-state index in [1.807, 2.05) is 35.3 Å². The molecular weight excluding hydrogens is 319 g/mol. The SMILES string of the molecule is O=c1[nH]c(=O)[n]([Ag][CH2]c2ccccc2)cc1F. The summed E-state index contributed by atoms with van der Waals surface area (Å²) in [5.41, 5.74) is -0.492. The van der Waals surface area contributed by atoms with E-state index in [4.69, 9.17) is 0 Å². The van der Waals surface area contributed by atoms with Gasteiger partial charge >= 0.3 is 106 Å². The summed E-state index contributed by atoms with van der Waals surface area (Å²) in [5.74, 6) is -0.939. The number of hydrogen-bond acceptors (Lipinski definition) is 2. The minimum absolute atomic E-state index is 0.0465. The monoisotopic (exact) mass is 327 g/mol. The summed E-state index contributed by atoms with van der Waals surface area (Å²) in [6.45, 7) is 0. The Bertz CT molecular complexity index is 621. The van der Waals surface area contributed by atoms with Crippen molar-refractivity contribution in [3.63, 3.8) is 0 Å². The first-order valence-corrected chi connectivity index (χ1v) is 6.44. The van der Waals surface area contributed by atoms with Crippen molar-refractivity contribution in [1.29, 1.82) is 0 Å². The summed E-state index contributed by atoms with van der Waals surface area (Å²) in [6, 6.07) is 9.56. The number of benzene rings is 1. The summed E-state index contributed by atoms with van der Waals surface area (Å²) < 4.78 is 14.8. The average molecular weight is 328 g/mol. The number of rotatable bonds is 3. The van der Waals surface area contributed by atoms with Gasteiger partial charge in [0.15, 0.2) is 0 Å². The van der Waals surface area contributed by atoms with Gasteiger partial charge in [0.1, 0.15) is 0 Å². The number of halogens is 1. The summed E-state index contributed by atoms with van der Waals surface area (Å²) in [4.78, 5) is 24.1. The molecule has 4 nitrogen and oxygen atoms in total. The van der Waals surface area contributed by atoms with Crippen LogP contribution in [-0.2, 0) is 24.7 Å². The summed E-state index contributed by atoms with van der Waals surface area (Å²) in [7, 11) is 0. The number of aromatic nitrogens is 2. The molecule has 17 heavy (non-hydrogen) atoms. The molecule has 0 bridgehead atoms. The summed E-state index contributed by atoms with van der Waals surface area (Å²) in [6.07, 6.45) is 0.948. The normalized spacial score (nSPS) is 10.6. The number of hydrogen-bond donors (Lipinski definition) is 1. The molecule has 0 amide bonds. The molecule has 0 radical (unpaired) electrons. The van der Waals surface area contributed by atoms with Crippen LogP contribution in [-0.4, -0.2) is 7.95 Å². The molecule has 0 atom stereocenters. The first-order chi connectivity index (χ1) is 8.16. The van der Waals surface area contributed by atoms with Crippen molar-refractivity contribution >= 4 is 0 Å². The zero-order chi connectivity index (χ0) is 12.3. The van der Waals surface area contributed by atoms with Crippen LogP contribution in [0, 0.1) is 5.82 Å². The van der Waals surface area contributed by atoms with Crippen LogP contribution in [0.2, 0.25) is 0 Å². The van der Waals surface area contributed by atoms with Crippen molar-refractivity contribution in [2.75, 3.05) is 0 Å². The van der Waals surface area contributed by atoms with Crippen molar-refractivity contribution in [3.8, 4) is 0 Å². The summed E-state index contributed by atoms with van der Waals surface area (Å²) in [5, 5.41) is 0. The van der Waals surface area contributed by atoms with E-state index in [1.165, 1.54) is 2.97 Å². The Kier molecular flexibility index (Phi) is 3.73. The van der Waals surface area contributed by atoms with Crippen molar-refractivity contribution in [2.45, 2.75) is 4.64 Å². The first-order valence-electron chi connectivity index (χ1n) is 4.73. The second-order valence-corrected chi connectivity index (χ2v) is 4.91. The molecule has 2 aromatic rings. The van der Waals surface area contributed by atoms with Crippen LogP contribution in [0.5, 0.6) is 0 Å². The third kappa shape index (κ3) is 3.03. The van der Waals surface area contributed by atoms with Gasteiger partial charge in [-0.15, -0.1) is 0 Å². The van der Waals surface area contributed by atoms with Gasteiger partial charge in [0.2, 0.25) is 0 Å². The number of nitrogens with zero attached hydrogens (tertiary/aromatic N) is 1. The molecule has 2 rings (SSSR count). The predicted octanol–water partition coefficient (Wildman–Crippen LogP) is 0.721. The van der Waals surface area contributed by atoms with Gasteiger partial charge in [0, 0.05) is 0 Å². The minimum atomic E-state index is -0.976. The molecule has 0 saturated carbocycles. The number of H-pyrrole nitrogens is 1. The van der Waals surface area contributed by atoms with Crippen molar-refractivity contribution in [1.82, 2.24) is 7.95 Å². The zero-order valence-corrected chi connectivity index (χ0v) is 10.1. The average Bonchev–Trinajstić information content (AvgIpc) is 2.33. The fraction of sp³-hybridized carbons (Fsp3) is 0.0909. The molecule has 0 spiro atoms. The van der Waals surface area contributed by atoms with Gasteiger partial charge in [0.25, 0.3) is 0 Å². The van der Waals surface area contributed by atoms with Crippen molar-refractivity contribution in [2.24, 2.45) is 0 Å².